The molecule has 0 saturated carbocycles. The largest absolute Gasteiger partial charge is 0.397 e. The lowest BCUT2D eigenvalue weighted by molar-refractivity contribution is 0.0944. The lowest BCUT2D eigenvalue weighted by atomic mass is 10.0. The number of thiophene rings is 1. The Morgan fingerprint density at radius 3 is 2.19 bits per heavy atom. The van der Waals surface area contributed by atoms with E-state index in [4.69, 9.17) is 11.5 Å². The van der Waals surface area contributed by atoms with Gasteiger partial charge in [0, 0.05) is 19.0 Å². The average Bonchev–Trinajstić information content (AvgIpc) is 2.89. The van der Waals surface area contributed by atoms with Crippen LogP contribution < -0.4 is 16.4 Å². The molecule has 0 aliphatic carbocycles. The van der Waals surface area contributed by atoms with Crippen LogP contribution in [0.5, 0.6) is 0 Å². The maximum Gasteiger partial charge on any atom is 0.253 e. The van der Waals surface area contributed by atoms with Crippen molar-refractivity contribution >= 4 is 33.7 Å². The van der Waals surface area contributed by atoms with E-state index in [1.54, 1.807) is 0 Å². The Balaban J connectivity index is 2.48. The van der Waals surface area contributed by atoms with Crippen LogP contribution in [0.25, 0.3) is 0 Å². The number of primary amides is 1. The number of Topliss-reactive ketones (excluding diaryl/α,β-unsaturated/α-hetero) is 1. The summed E-state index contributed by atoms with van der Waals surface area (Å²) in [4.78, 5) is 26.6. The lowest BCUT2D eigenvalue weighted by Crippen LogP contribution is -2.23. The predicted molar refractivity (Wildman–Crippen MR) is 87.0 cm³/mol. The molecule has 0 radical (unpaired) electrons. The molecule has 0 aromatic carbocycles. The van der Waals surface area contributed by atoms with Gasteiger partial charge in [0.2, 0.25) is 0 Å². The summed E-state index contributed by atoms with van der Waals surface area (Å²) in [5.74, 6) is 0.327. The van der Waals surface area contributed by atoms with Crippen molar-refractivity contribution in [2.45, 2.75) is 27.7 Å². The third-order valence-electron chi connectivity index (χ3n) is 4.20. The van der Waals surface area contributed by atoms with Gasteiger partial charge in [-0.3, -0.25) is 9.59 Å². The number of rotatable bonds is 4. The number of ketones is 1. The molecule has 2 rings (SSSR count). The van der Waals surface area contributed by atoms with E-state index < -0.39 is 5.91 Å². The zero-order chi connectivity index (χ0) is 15.9. The summed E-state index contributed by atoms with van der Waals surface area (Å²) in [5.41, 5.74) is 12.1. The Bertz CT molecular complexity index is 570. The van der Waals surface area contributed by atoms with E-state index in [1.165, 1.54) is 11.3 Å². The van der Waals surface area contributed by atoms with Crippen LogP contribution in [0.4, 0.5) is 10.7 Å². The number of nitrogens with two attached hydrogens (primary N) is 2. The third-order valence-corrected chi connectivity index (χ3v) is 5.48. The summed E-state index contributed by atoms with van der Waals surface area (Å²) in [7, 11) is 0. The maximum absolute atomic E-state index is 12.3. The van der Waals surface area contributed by atoms with Crippen LogP contribution in [0.1, 0.15) is 47.7 Å². The fourth-order valence-electron chi connectivity index (χ4n) is 2.63. The van der Waals surface area contributed by atoms with Crippen molar-refractivity contribution in [1.82, 2.24) is 0 Å². The van der Waals surface area contributed by atoms with Crippen LogP contribution in [-0.4, -0.2) is 24.8 Å². The van der Waals surface area contributed by atoms with Gasteiger partial charge in [0.15, 0.2) is 5.78 Å². The fourth-order valence-corrected chi connectivity index (χ4v) is 3.97. The van der Waals surface area contributed by atoms with Crippen molar-refractivity contribution in [2.75, 3.05) is 23.7 Å². The van der Waals surface area contributed by atoms with Crippen LogP contribution in [0.2, 0.25) is 0 Å². The van der Waals surface area contributed by atoms with Crippen LogP contribution in [0.15, 0.2) is 0 Å². The van der Waals surface area contributed by atoms with Gasteiger partial charge in [-0.15, -0.1) is 11.3 Å². The molecular weight excluding hydrogens is 286 g/mol. The molecule has 0 bridgehead atoms. The van der Waals surface area contributed by atoms with E-state index >= 15 is 0 Å². The highest BCUT2D eigenvalue weighted by Gasteiger charge is 2.33. The summed E-state index contributed by atoms with van der Waals surface area (Å²) in [6.45, 7) is 9.74. The molecule has 6 heteroatoms. The highest BCUT2D eigenvalue weighted by Crippen LogP contribution is 2.41. The second kappa shape index (κ2) is 5.67. The Morgan fingerprint density at radius 2 is 1.76 bits per heavy atom. The van der Waals surface area contributed by atoms with Crippen molar-refractivity contribution < 1.29 is 9.59 Å². The summed E-state index contributed by atoms with van der Waals surface area (Å²) < 4.78 is 0. The van der Waals surface area contributed by atoms with Gasteiger partial charge in [0.05, 0.1) is 16.1 Å². The lowest BCUT2D eigenvalue weighted by Gasteiger charge is -2.17. The summed E-state index contributed by atoms with van der Waals surface area (Å²) in [6, 6.07) is 0. The minimum absolute atomic E-state index is 0.0356. The van der Waals surface area contributed by atoms with Gasteiger partial charge >= 0.3 is 0 Å². The molecule has 1 aromatic heterocycles. The molecule has 0 spiro atoms. The SMILES string of the molecule is CC(C)C(=O)c1sc(N2CC(C)C(C)C2)c(C(N)=O)c1N. The first-order valence-corrected chi connectivity index (χ1v) is 8.06. The monoisotopic (exact) mass is 309 g/mol. The molecule has 21 heavy (non-hydrogen) atoms. The summed E-state index contributed by atoms with van der Waals surface area (Å²) in [5, 5.41) is 0.750. The van der Waals surface area contributed by atoms with Crippen molar-refractivity contribution in [3.63, 3.8) is 0 Å². The molecule has 1 aromatic rings. The molecule has 1 aliphatic rings. The van der Waals surface area contributed by atoms with Crippen molar-refractivity contribution in [3.8, 4) is 0 Å². The molecule has 116 valence electrons. The minimum atomic E-state index is -0.561. The van der Waals surface area contributed by atoms with E-state index in [2.05, 4.69) is 18.7 Å². The van der Waals surface area contributed by atoms with E-state index in [0.29, 0.717) is 22.3 Å². The summed E-state index contributed by atoms with van der Waals surface area (Å²) in [6.07, 6.45) is 0. The quantitative estimate of drug-likeness (QED) is 0.836. The van der Waals surface area contributed by atoms with Gasteiger partial charge in [-0.2, -0.15) is 0 Å². The molecule has 1 aliphatic heterocycles. The Morgan fingerprint density at radius 1 is 1.24 bits per heavy atom. The van der Waals surface area contributed by atoms with Crippen LogP contribution in [-0.2, 0) is 0 Å². The Hall–Kier alpha value is -1.56. The van der Waals surface area contributed by atoms with Crippen LogP contribution in [0, 0.1) is 17.8 Å². The molecule has 2 atom stereocenters. The van der Waals surface area contributed by atoms with E-state index in [0.717, 1.165) is 18.1 Å². The number of hydrogen-bond acceptors (Lipinski definition) is 5. The highest BCUT2D eigenvalue weighted by molar-refractivity contribution is 7.19. The predicted octanol–water partition coefficient (Wildman–Crippen LogP) is 2.36. The van der Waals surface area contributed by atoms with Crippen molar-refractivity contribution in [1.29, 1.82) is 0 Å². The van der Waals surface area contributed by atoms with Crippen LogP contribution >= 0.6 is 11.3 Å². The molecule has 1 saturated heterocycles. The number of carbonyl (C=O) groups excluding carboxylic acids is 2. The molecule has 4 N–H and O–H groups in total. The topological polar surface area (TPSA) is 89.4 Å². The second-order valence-electron chi connectivity index (χ2n) is 6.27. The molecular formula is C15H23N3O2S. The standard InChI is InChI=1S/C15H23N3O2S/c1-7(2)12(19)13-11(16)10(14(17)20)15(21-13)18-5-8(3)9(4)6-18/h7-9H,5-6,16H2,1-4H3,(H2,17,20). The fraction of sp³-hybridized carbons (Fsp3) is 0.600. The van der Waals surface area contributed by atoms with Crippen LogP contribution in [0.3, 0.4) is 0 Å². The van der Waals surface area contributed by atoms with Gasteiger partial charge < -0.3 is 16.4 Å². The first-order chi connectivity index (χ1) is 9.73. The number of carbonyl (C=O) groups is 2. The second-order valence-corrected chi connectivity index (χ2v) is 7.27. The number of nitrogen functional groups attached to an aromatic ring is 1. The zero-order valence-electron chi connectivity index (χ0n) is 13.0. The third kappa shape index (κ3) is 2.77. The average molecular weight is 309 g/mol. The Kier molecular flexibility index (Phi) is 4.27. The molecule has 2 heterocycles. The Labute approximate surface area is 129 Å². The number of hydrogen-bond donors (Lipinski definition) is 2. The van der Waals surface area contributed by atoms with Gasteiger partial charge in [-0.05, 0) is 11.8 Å². The van der Waals surface area contributed by atoms with E-state index in [9.17, 15) is 9.59 Å². The first kappa shape index (κ1) is 15.8. The van der Waals surface area contributed by atoms with Gasteiger partial charge in [0.25, 0.3) is 5.91 Å². The summed E-state index contributed by atoms with van der Waals surface area (Å²) >= 11 is 1.30. The first-order valence-electron chi connectivity index (χ1n) is 7.25. The normalized spacial score (nSPS) is 22.0. The molecule has 1 amide bonds. The van der Waals surface area contributed by atoms with Crippen molar-refractivity contribution in [3.05, 3.63) is 10.4 Å². The molecule has 1 fully saturated rings. The number of amides is 1. The highest BCUT2D eigenvalue weighted by atomic mass is 32.1. The molecule has 5 nitrogen and oxygen atoms in total. The van der Waals surface area contributed by atoms with Crippen molar-refractivity contribution in [2.24, 2.45) is 23.5 Å². The number of anilines is 2. The number of nitrogens with zero attached hydrogens (tertiary/aromatic N) is 1. The molecule has 2 unspecified atom stereocenters. The van der Waals surface area contributed by atoms with Gasteiger partial charge in [-0.1, -0.05) is 27.7 Å². The van der Waals surface area contributed by atoms with Gasteiger partial charge in [-0.25, -0.2) is 0 Å². The maximum atomic E-state index is 12.3. The van der Waals surface area contributed by atoms with E-state index in [-0.39, 0.29) is 17.4 Å². The smallest absolute Gasteiger partial charge is 0.253 e. The van der Waals surface area contributed by atoms with Gasteiger partial charge in [0.1, 0.15) is 5.00 Å². The van der Waals surface area contributed by atoms with E-state index in [1.807, 2.05) is 13.8 Å². The zero-order valence-corrected chi connectivity index (χ0v) is 13.8. The minimum Gasteiger partial charge on any atom is -0.397 e.